The molecule has 4 aromatic rings. The highest BCUT2D eigenvalue weighted by Gasteiger charge is 2.13. The molecule has 0 fully saturated rings. The fourth-order valence-electron chi connectivity index (χ4n) is 3.75. The molecule has 0 bridgehead atoms. The van der Waals surface area contributed by atoms with E-state index in [9.17, 15) is 13.5 Å². The zero-order valence-electron chi connectivity index (χ0n) is 19.2. The first-order valence-electron chi connectivity index (χ1n) is 11.3. The Hall–Kier alpha value is -2.87. The van der Waals surface area contributed by atoms with Crippen LogP contribution in [0.5, 0.6) is 0 Å². The van der Waals surface area contributed by atoms with Gasteiger partial charge in [-0.15, -0.1) is 11.3 Å². The molecule has 35 heavy (non-hydrogen) atoms. The third-order valence-corrected chi connectivity index (χ3v) is 9.18. The van der Waals surface area contributed by atoms with Gasteiger partial charge in [0.2, 0.25) is 0 Å². The summed E-state index contributed by atoms with van der Waals surface area (Å²) in [6.07, 6.45) is 1.51. The first-order valence-corrected chi connectivity index (χ1v) is 14.8. The van der Waals surface area contributed by atoms with Gasteiger partial charge >= 0.3 is 0 Å². The van der Waals surface area contributed by atoms with E-state index in [1.54, 1.807) is 11.4 Å². The molecule has 0 atom stereocenters. The van der Waals surface area contributed by atoms with E-state index in [0.29, 0.717) is 6.42 Å². The van der Waals surface area contributed by atoms with Crippen LogP contribution in [0.2, 0.25) is 0 Å². The van der Waals surface area contributed by atoms with Gasteiger partial charge in [0.1, 0.15) is 4.21 Å². The van der Waals surface area contributed by atoms with E-state index in [1.165, 1.54) is 17.2 Å². The molecule has 0 saturated heterocycles. The lowest BCUT2D eigenvalue weighted by Gasteiger charge is -2.14. The Kier molecular flexibility index (Phi) is 8.79. The molecular weight excluding hydrogens is 495 g/mol. The van der Waals surface area contributed by atoms with Crippen molar-refractivity contribution in [2.75, 3.05) is 5.75 Å². The highest BCUT2D eigenvalue weighted by molar-refractivity contribution is 7.98. The van der Waals surface area contributed by atoms with Crippen molar-refractivity contribution < 1.29 is 13.5 Å². The number of thiophene rings is 1. The minimum absolute atomic E-state index is 0.0383. The van der Waals surface area contributed by atoms with Gasteiger partial charge in [-0.25, -0.2) is 0 Å². The van der Waals surface area contributed by atoms with Crippen LogP contribution in [0.4, 0.5) is 0 Å². The summed E-state index contributed by atoms with van der Waals surface area (Å²) < 4.78 is 28.1. The molecule has 0 aliphatic heterocycles. The van der Waals surface area contributed by atoms with Gasteiger partial charge in [0.25, 0.3) is 10.0 Å². The van der Waals surface area contributed by atoms with Gasteiger partial charge in [0, 0.05) is 5.75 Å². The SMILES string of the molecule is O=S(=O)(/N=C(/[O-])CCc1ccccc1-c1cccc(CSCCc2ccccc2)c1)c1cccs1. The number of thioether (sulfide) groups is 1. The minimum Gasteiger partial charge on any atom is -0.861 e. The van der Waals surface area contributed by atoms with Gasteiger partial charge < -0.3 is 5.11 Å². The largest absolute Gasteiger partial charge is 0.861 e. The maximum absolute atomic E-state index is 12.3. The van der Waals surface area contributed by atoms with Crippen LogP contribution in [0.3, 0.4) is 0 Å². The summed E-state index contributed by atoms with van der Waals surface area (Å²) in [7, 11) is -3.93. The summed E-state index contributed by atoms with van der Waals surface area (Å²) in [5, 5.41) is 14.0. The Morgan fingerprint density at radius 3 is 2.43 bits per heavy atom. The van der Waals surface area contributed by atoms with Crippen molar-refractivity contribution in [3.8, 4) is 11.1 Å². The van der Waals surface area contributed by atoms with Crippen molar-refractivity contribution in [1.82, 2.24) is 0 Å². The number of aryl methyl sites for hydroxylation is 2. The van der Waals surface area contributed by atoms with Gasteiger partial charge in [0.05, 0.1) is 0 Å². The van der Waals surface area contributed by atoms with Crippen molar-refractivity contribution in [1.29, 1.82) is 0 Å². The van der Waals surface area contributed by atoms with E-state index in [2.05, 4.69) is 52.9 Å². The van der Waals surface area contributed by atoms with Gasteiger partial charge in [-0.1, -0.05) is 84.9 Å². The molecule has 1 heterocycles. The van der Waals surface area contributed by atoms with Crippen molar-refractivity contribution in [2.45, 2.75) is 29.2 Å². The second kappa shape index (κ2) is 12.2. The molecule has 1 aromatic heterocycles. The molecule has 0 aliphatic rings. The first kappa shape index (κ1) is 25.2. The van der Waals surface area contributed by atoms with Crippen LogP contribution in [-0.4, -0.2) is 20.1 Å². The molecule has 0 unspecified atom stereocenters. The maximum Gasteiger partial charge on any atom is 0.290 e. The average Bonchev–Trinajstić information content (AvgIpc) is 3.43. The van der Waals surface area contributed by atoms with Gasteiger partial charge in [0.15, 0.2) is 0 Å². The summed E-state index contributed by atoms with van der Waals surface area (Å²) in [5.74, 6) is 1.36. The van der Waals surface area contributed by atoms with E-state index in [-0.39, 0.29) is 10.6 Å². The zero-order valence-corrected chi connectivity index (χ0v) is 21.6. The Morgan fingerprint density at radius 2 is 1.63 bits per heavy atom. The predicted molar refractivity (Wildman–Crippen MR) is 145 cm³/mol. The molecule has 0 saturated carbocycles. The number of benzene rings is 3. The summed E-state index contributed by atoms with van der Waals surface area (Å²) in [6.45, 7) is 0. The Bertz CT molecular complexity index is 1370. The van der Waals surface area contributed by atoms with Crippen molar-refractivity contribution in [3.63, 3.8) is 0 Å². The van der Waals surface area contributed by atoms with Crippen LogP contribution < -0.4 is 5.11 Å². The normalized spacial score (nSPS) is 12.1. The molecule has 7 heteroatoms. The number of sulfonamides is 1. The molecule has 0 radical (unpaired) electrons. The highest BCUT2D eigenvalue weighted by atomic mass is 32.2. The lowest BCUT2D eigenvalue weighted by molar-refractivity contribution is -0.218. The van der Waals surface area contributed by atoms with E-state index in [4.69, 9.17) is 0 Å². The van der Waals surface area contributed by atoms with Crippen LogP contribution in [0.25, 0.3) is 11.1 Å². The summed E-state index contributed by atoms with van der Waals surface area (Å²) in [4.78, 5) is 0. The third kappa shape index (κ3) is 7.31. The van der Waals surface area contributed by atoms with Crippen molar-refractivity contribution in [2.24, 2.45) is 4.40 Å². The van der Waals surface area contributed by atoms with E-state index < -0.39 is 15.9 Å². The predicted octanol–water partition coefficient (Wildman–Crippen LogP) is 5.97. The van der Waals surface area contributed by atoms with Crippen LogP contribution in [0, 0.1) is 0 Å². The molecular formula is C28H26NO3S3-. The fourth-order valence-corrected chi connectivity index (χ4v) is 6.60. The van der Waals surface area contributed by atoms with Gasteiger partial charge in [-0.05, 0) is 70.2 Å². The van der Waals surface area contributed by atoms with Gasteiger partial charge in [-0.2, -0.15) is 24.6 Å². The molecule has 4 nitrogen and oxygen atoms in total. The monoisotopic (exact) mass is 520 g/mol. The quantitative estimate of drug-likeness (QED) is 0.139. The second-order valence-corrected chi connectivity index (χ2v) is 11.9. The third-order valence-electron chi connectivity index (χ3n) is 5.48. The Labute approximate surface area is 215 Å². The first-order chi connectivity index (χ1) is 17.0. The minimum atomic E-state index is -3.93. The summed E-state index contributed by atoms with van der Waals surface area (Å²) in [6, 6.07) is 30.0. The Balaban J connectivity index is 1.40. The molecule has 4 rings (SSSR count). The molecule has 0 N–H and O–H groups in total. The van der Waals surface area contributed by atoms with E-state index in [1.807, 2.05) is 42.1 Å². The zero-order chi connectivity index (χ0) is 24.5. The van der Waals surface area contributed by atoms with Gasteiger partial charge in [-0.3, -0.25) is 0 Å². The second-order valence-electron chi connectivity index (χ2n) is 8.04. The lowest BCUT2D eigenvalue weighted by Crippen LogP contribution is -2.20. The molecule has 180 valence electrons. The maximum atomic E-state index is 12.3. The molecule has 0 amide bonds. The lowest BCUT2D eigenvalue weighted by atomic mass is 9.96. The standard InChI is InChI=1S/C28H27NO3S3/c30-27(29-35(31,32)28-14-7-18-34-28)16-15-24-11-4-5-13-26(24)25-12-6-10-23(20-25)21-33-19-17-22-8-2-1-3-9-22/h1-14,18,20H,15-17,19,21H2,(H,29,30)/p-1. The van der Waals surface area contributed by atoms with Crippen molar-refractivity contribution in [3.05, 3.63) is 113 Å². The van der Waals surface area contributed by atoms with Crippen LogP contribution in [0.15, 0.2) is 105 Å². The molecule has 0 aliphatic carbocycles. The number of rotatable bonds is 11. The van der Waals surface area contributed by atoms with E-state index in [0.717, 1.165) is 46.0 Å². The van der Waals surface area contributed by atoms with Crippen LogP contribution in [0.1, 0.15) is 23.1 Å². The Morgan fingerprint density at radius 1 is 0.857 bits per heavy atom. The number of hydrogen-bond donors (Lipinski definition) is 0. The topological polar surface area (TPSA) is 69.6 Å². The fraction of sp³-hybridized carbons (Fsp3) is 0.179. The average molecular weight is 521 g/mol. The smallest absolute Gasteiger partial charge is 0.290 e. The highest BCUT2D eigenvalue weighted by Crippen LogP contribution is 2.27. The molecule has 0 spiro atoms. The summed E-state index contributed by atoms with van der Waals surface area (Å²) >= 11 is 2.97. The van der Waals surface area contributed by atoms with Crippen LogP contribution in [-0.2, 0) is 28.6 Å². The summed E-state index contributed by atoms with van der Waals surface area (Å²) in [5.41, 5.74) is 5.75. The van der Waals surface area contributed by atoms with Crippen LogP contribution >= 0.6 is 23.1 Å². The van der Waals surface area contributed by atoms with Crippen molar-refractivity contribution >= 4 is 39.0 Å². The number of nitrogens with zero attached hydrogens (tertiary/aromatic N) is 1. The molecule has 3 aromatic carbocycles. The number of hydrogen-bond acceptors (Lipinski definition) is 5. The van der Waals surface area contributed by atoms with E-state index >= 15 is 0 Å².